The Labute approximate surface area is 98.9 Å². The second-order valence-electron chi connectivity index (χ2n) is 4.49. The number of aromatic nitrogens is 2. The Hall–Kier alpha value is -1.20. The first kappa shape index (κ1) is 11.3. The Morgan fingerprint density at radius 3 is 2.88 bits per heavy atom. The molecule has 2 rings (SSSR count). The van der Waals surface area contributed by atoms with Crippen LogP contribution in [0.15, 0.2) is 17.8 Å². The molecule has 0 amide bonds. The van der Waals surface area contributed by atoms with Crippen LogP contribution in [0, 0.1) is 0 Å². The molecule has 1 unspecified atom stereocenters. The second kappa shape index (κ2) is 3.99. The number of rotatable bonds is 3. The summed E-state index contributed by atoms with van der Waals surface area (Å²) in [6.07, 6.45) is 1.58. The molecule has 2 aromatic rings. The van der Waals surface area contributed by atoms with Crippen molar-refractivity contribution in [1.82, 2.24) is 9.97 Å². The summed E-state index contributed by atoms with van der Waals surface area (Å²) in [7, 11) is 0. The van der Waals surface area contributed by atoms with E-state index in [2.05, 4.69) is 29.1 Å². The van der Waals surface area contributed by atoms with Crippen molar-refractivity contribution >= 4 is 27.4 Å². The molecule has 2 heterocycles. The summed E-state index contributed by atoms with van der Waals surface area (Å²) in [6, 6.07) is 2.03. The highest BCUT2D eigenvalue weighted by atomic mass is 32.1. The summed E-state index contributed by atoms with van der Waals surface area (Å²) in [4.78, 5) is 8.48. The summed E-state index contributed by atoms with van der Waals surface area (Å²) < 4.78 is 1.08. The monoisotopic (exact) mass is 236 g/mol. The van der Waals surface area contributed by atoms with E-state index in [-0.39, 0.29) is 11.6 Å². The molecule has 0 radical (unpaired) electrons. The van der Waals surface area contributed by atoms with Crippen molar-refractivity contribution in [2.24, 2.45) is 5.73 Å². The Kier molecular flexibility index (Phi) is 2.82. The summed E-state index contributed by atoms with van der Waals surface area (Å²) in [5.74, 6) is 0.863. The Morgan fingerprint density at radius 1 is 1.44 bits per heavy atom. The van der Waals surface area contributed by atoms with Gasteiger partial charge in [-0.3, -0.25) is 0 Å². The maximum absolute atomic E-state index is 5.93. The molecule has 0 saturated carbocycles. The molecule has 2 aromatic heterocycles. The summed E-state index contributed by atoms with van der Waals surface area (Å²) >= 11 is 1.64. The van der Waals surface area contributed by atoms with Crippen molar-refractivity contribution in [3.05, 3.63) is 17.8 Å². The zero-order valence-corrected chi connectivity index (χ0v) is 10.5. The number of thiophene rings is 1. The van der Waals surface area contributed by atoms with Crippen molar-refractivity contribution < 1.29 is 0 Å². The number of nitrogens with zero attached hydrogens (tertiary/aromatic N) is 2. The van der Waals surface area contributed by atoms with Crippen LogP contribution in [0.4, 0.5) is 5.82 Å². The molecule has 0 aliphatic rings. The molecule has 0 aliphatic heterocycles. The van der Waals surface area contributed by atoms with Crippen LogP contribution < -0.4 is 11.1 Å². The van der Waals surface area contributed by atoms with Gasteiger partial charge >= 0.3 is 0 Å². The van der Waals surface area contributed by atoms with Gasteiger partial charge in [0.1, 0.15) is 12.1 Å². The SMILES string of the molecule is CC(N)C(C)(C)Nc1ncnc2ccsc12. The highest BCUT2D eigenvalue weighted by Gasteiger charge is 2.23. The lowest BCUT2D eigenvalue weighted by Gasteiger charge is -2.30. The Morgan fingerprint density at radius 2 is 2.19 bits per heavy atom. The lowest BCUT2D eigenvalue weighted by atomic mass is 9.97. The van der Waals surface area contributed by atoms with E-state index in [1.54, 1.807) is 17.7 Å². The molecular weight excluding hydrogens is 220 g/mol. The number of nitrogens with one attached hydrogen (secondary N) is 1. The van der Waals surface area contributed by atoms with Crippen LogP contribution in [0.5, 0.6) is 0 Å². The molecule has 1 atom stereocenters. The average Bonchev–Trinajstić information content (AvgIpc) is 2.65. The Bertz CT molecular complexity index is 489. The van der Waals surface area contributed by atoms with Gasteiger partial charge < -0.3 is 11.1 Å². The smallest absolute Gasteiger partial charge is 0.147 e. The molecule has 0 saturated heterocycles. The van der Waals surface area contributed by atoms with Gasteiger partial charge in [0.05, 0.1) is 10.2 Å². The zero-order chi connectivity index (χ0) is 11.8. The molecule has 0 aromatic carbocycles. The third-order valence-corrected chi connectivity index (χ3v) is 3.73. The zero-order valence-electron chi connectivity index (χ0n) is 9.69. The third-order valence-electron chi connectivity index (χ3n) is 2.82. The van der Waals surface area contributed by atoms with Crippen LogP contribution in [0.25, 0.3) is 10.2 Å². The first-order chi connectivity index (χ1) is 7.50. The largest absolute Gasteiger partial charge is 0.362 e. The molecule has 4 nitrogen and oxygen atoms in total. The second-order valence-corrected chi connectivity index (χ2v) is 5.41. The van der Waals surface area contributed by atoms with Crippen molar-refractivity contribution in [3.63, 3.8) is 0 Å². The number of fused-ring (bicyclic) bond motifs is 1. The number of hydrogen-bond donors (Lipinski definition) is 2. The number of anilines is 1. The van der Waals surface area contributed by atoms with Crippen molar-refractivity contribution in [2.45, 2.75) is 32.4 Å². The first-order valence-electron chi connectivity index (χ1n) is 5.22. The van der Waals surface area contributed by atoms with Crippen molar-refractivity contribution in [1.29, 1.82) is 0 Å². The molecule has 0 aliphatic carbocycles. The minimum Gasteiger partial charge on any atom is -0.362 e. The number of nitrogens with two attached hydrogens (primary N) is 1. The Balaban J connectivity index is 2.37. The molecule has 0 fully saturated rings. The van der Waals surface area contributed by atoms with E-state index in [0.29, 0.717) is 0 Å². The molecule has 5 heteroatoms. The highest BCUT2D eigenvalue weighted by Crippen LogP contribution is 2.27. The van der Waals surface area contributed by atoms with Gasteiger partial charge in [-0.15, -0.1) is 11.3 Å². The summed E-state index contributed by atoms with van der Waals surface area (Å²) in [5, 5.41) is 5.40. The van der Waals surface area contributed by atoms with E-state index in [1.165, 1.54) is 0 Å². The molecule has 16 heavy (non-hydrogen) atoms. The maximum atomic E-state index is 5.93. The van der Waals surface area contributed by atoms with E-state index in [4.69, 9.17) is 5.73 Å². The van der Waals surface area contributed by atoms with E-state index in [9.17, 15) is 0 Å². The summed E-state index contributed by atoms with van der Waals surface area (Å²) in [6.45, 7) is 6.12. The minimum absolute atomic E-state index is 0.0393. The standard InChI is InChI=1S/C11H16N4S/c1-7(12)11(2,3)15-10-9-8(4-5-16-9)13-6-14-10/h4-7H,12H2,1-3H3,(H,13,14,15). The van der Waals surface area contributed by atoms with Gasteiger partial charge in [-0.25, -0.2) is 9.97 Å². The van der Waals surface area contributed by atoms with Gasteiger partial charge in [0, 0.05) is 11.6 Å². The van der Waals surface area contributed by atoms with Gasteiger partial charge in [0.15, 0.2) is 0 Å². The molecule has 86 valence electrons. The highest BCUT2D eigenvalue weighted by molar-refractivity contribution is 7.17. The molecule has 0 bridgehead atoms. The number of hydrogen-bond acceptors (Lipinski definition) is 5. The molecule has 3 N–H and O–H groups in total. The fourth-order valence-electron chi connectivity index (χ4n) is 1.30. The average molecular weight is 236 g/mol. The lowest BCUT2D eigenvalue weighted by Crippen LogP contribution is -2.47. The van der Waals surface area contributed by atoms with Crippen LogP contribution >= 0.6 is 11.3 Å². The van der Waals surface area contributed by atoms with Gasteiger partial charge in [0.25, 0.3) is 0 Å². The van der Waals surface area contributed by atoms with Crippen LogP contribution in [-0.2, 0) is 0 Å². The lowest BCUT2D eigenvalue weighted by molar-refractivity contribution is 0.469. The van der Waals surface area contributed by atoms with E-state index in [1.807, 2.05) is 18.4 Å². The predicted octanol–water partition coefficient (Wildman–Crippen LogP) is 2.23. The molecular formula is C11H16N4S. The van der Waals surface area contributed by atoms with Gasteiger partial charge in [0.2, 0.25) is 0 Å². The topological polar surface area (TPSA) is 63.8 Å². The predicted molar refractivity (Wildman–Crippen MR) is 68.8 cm³/mol. The summed E-state index contributed by atoms with van der Waals surface area (Å²) in [5.41, 5.74) is 6.72. The third kappa shape index (κ3) is 2.01. The van der Waals surface area contributed by atoms with Crippen LogP contribution in [0.3, 0.4) is 0 Å². The normalized spacial score (nSPS) is 14.0. The van der Waals surface area contributed by atoms with Crippen molar-refractivity contribution in [2.75, 3.05) is 5.32 Å². The van der Waals surface area contributed by atoms with E-state index in [0.717, 1.165) is 16.0 Å². The van der Waals surface area contributed by atoms with E-state index >= 15 is 0 Å². The van der Waals surface area contributed by atoms with Crippen LogP contribution in [0.1, 0.15) is 20.8 Å². The van der Waals surface area contributed by atoms with E-state index < -0.39 is 0 Å². The van der Waals surface area contributed by atoms with Gasteiger partial charge in [-0.1, -0.05) is 0 Å². The van der Waals surface area contributed by atoms with Crippen molar-refractivity contribution in [3.8, 4) is 0 Å². The fraction of sp³-hybridized carbons (Fsp3) is 0.455. The van der Waals surface area contributed by atoms with Crippen LogP contribution in [0.2, 0.25) is 0 Å². The minimum atomic E-state index is -0.189. The fourth-order valence-corrected chi connectivity index (χ4v) is 2.09. The quantitative estimate of drug-likeness (QED) is 0.857. The first-order valence-corrected chi connectivity index (χ1v) is 6.10. The maximum Gasteiger partial charge on any atom is 0.147 e. The van der Waals surface area contributed by atoms with Gasteiger partial charge in [-0.2, -0.15) is 0 Å². The molecule has 0 spiro atoms. The van der Waals surface area contributed by atoms with Gasteiger partial charge in [-0.05, 0) is 32.2 Å². The van der Waals surface area contributed by atoms with Crippen LogP contribution in [-0.4, -0.2) is 21.5 Å².